The molecule has 1 aliphatic heterocycles. The molecule has 204 valence electrons. The first-order valence-electron chi connectivity index (χ1n) is 14.6. The van der Waals surface area contributed by atoms with E-state index in [4.69, 9.17) is 4.98 Å². The molecule has 4 aliphatic rings. The molecule has 1 saturated heterocycles. The average molecular weight is 537 g/mol. The Hall–Kier alpha value is -3.51. The molecule has 2 bridgehead atoms. The van der Waals surface area contributed by atoms with E-state index in [1.807, 2.05) is 25.4 Å². The molecule has 9 rings (SSSR count). The average Bonchev–Trinajstić information content (AvgIpc) is 3.45. The molecule has 0 radical (unpaired) electrons. The Labute approximate surface area is 233 Å². The van der Waals surface area contributed by atoms with Gasteiger partial charge in [0.25, 0.3) is 0 Å². The Morgan fingerprint density at radius 1 is 0.900 bits per heavy atom. The number of imidazole rings is 1. The molecule has 0 atom stereocenters. The molecule has 0 unspecified atom stereocenters. The van der Waals surface area contributed by atoms with E-state index in [1.165, 1.54) is 23.0 Å². The Kier molecular flexibility index (Phi) is 5.31. The third-order valence-corrected chi connectivity index (χ3v) is 9.83. The van der Waals surface area contributed by atoms with Crippen molar-refractivity contribution in [1.29, 1.82) is 0 Å². The lowest BCUT2D eigenvalue weighted by molar-refractivity contribution is -0.220. The number of piperidine rings is 1. The van der Waals surface area contributed by atoms with E-state index in [2.05, 4.69) is 56.5 Å². The predicted molar refractivity (Wildman–Crippen MR) is 155 cm³/mol. The van der Waals surface area contributed by atoms with Gasteiger partial charge in [-0.15, -0.1) is 0 Å². The number of hydrogen-bond acceptors (Lipinski definition) is 2. The molecule has 6 heteroatoms. The van der Waals surface area contributed by atoms with E-state index in [0.29, 0.717) is 11.5 Å². The molecule has 0 spiro atoms. The van der Waals surface area contributed by atoms with E-state index in [1.54, 1.807) is 6.07 Å². The number of para-hydroxylation sites is 2. The summed E-state index contributed by atoms with van der Waals surface area (Å²) in [5.41, 5.74) is 5.53. The van der Waals surface area contributed by atoms with Crippen LogP contribution >= 0.6 is 0 Å². The standard InChI is InChI=1S/C34H34F2N4/c1-38-18-27(25-6-2-3-7-28(25)35)26-11-10-23(16-31(26)38)17-39-14-12-24(13-15-39)32-37-29-8-4-5-9-30(29)40(32)22-33-19-34(36,20-33)21-33/h2-11,16,18,24H,12-15,17,19-22H2,1H3. The first kappa shape index (κ1) is 24.3. The number of alkyl halides is 1. The van der Waals surface area contributed by atoms with Crippen LogP contribution in [0.2, 0.25) is 0 Å². The summed E-state index contributed by atoms with van der Waals surface area (Å²) in [5.74, 6) is 1.43. The summed E-state index contributed by atoms with van der Waals surface area (Å²) in [6, 6.07) is 22.0. The van der Waals surface area contributed by atoms with Crippen LogP contribution in [0.4, 0.5) is 8.78 Å². The van der Waals surface area contributed by atoms with Crippen LogP contribution in [0.1, 0.15) is 49.4 Å². The zero-order valence-electron chi connectivity index (χ0n) is 22.9. The van der Waals surface area contributed by atoms with Gasteiger partial charge in [0.15, 0.2) is 0 Å². The lowest BCUT2D eigenvalue weighted by Gasteiger charge is -2.66. The van der Waals surface area contributed by atoms with Crippen LogP contribution in [0.15, 0.2) is 72.9 Å². The first-order chi connectivity index (χ1) is 19.4. The molecule has 3 aliphatic carbocycles. The van der Waals surface area contributed by atoms with E-state index >= 15 is 0 Å². The van der Waals surface area contributed by atoms with Crippen molar-refractivity contribution in [3.63, 3.8) is 0 Å². The summed E-state index contributed by atoms with van der Waals surface area (Å²) >= 11 is 0. The van der Waals surface area contributed by atoms with E-state index in [-0.39, 0.29) is 11.2 Å². The molecule has 0 amide bonds. The van der Waals surface area contributed by atoms with Crippen LogP contribution in [-0.4, -0.2) is 37.8 Å². The van der Waals surface area contributed by atoms with Gasteiger partial charge in [0.2, 0.25) is 0 Å². The minimum absolute atomic E-state index is 0.148. The fourth-order valence-electron chi connectivity index (χ4n) is 7.97. The third kappa shape index (κ3) is 3.83. The van der Waals surface area contributed by atoms with Crippen LogP contribution in [0.3, 0.4) is 0 Å². The highest BCUT2D eigenvalue weighted by atomic mass is 19.1. The second-order valence-electron chi connectivity index (χ2n) is 12.8. The number of likely N-dealkylation sites (tertiary alicyclic amines) is 1. The Morgan fingerprint density at radius 3 is 2.42 bits per heavy atom. The number of aromatic nitrogens is 3. The van der Waals surface area contributed by atoms with Gasteiger partial charge in [0.1, 0.15) is 17.3 Å². The maximum atomic E-state index is 14.5. The van der Waals surface area contributed by atoms with E-state index in [0.717, 1.165) is 80.3 Å². The smallest absolute Gasteiger partial charge is 0.131 e. The Balaban J connectivity index is 0.994. The monoisotopic (exact) mass is 536 g/mol. The van der Waals surface area contributed by atoms with Crippen molar-refractivity contribution in [2.75, 3.05) is 13.1 Å². The van der Waals surface area contributed by atoms with Gasteiger partial charge < -0.3 is 9.13 Å². The lowest BCUT2D eigenvalue weighted by atomic mass is 9.42. The van der Waals surface area contributed by atoms with Crippen molar-refractivity contribution in [1.82, 2.24) is 19.0 Å². The van der Waals surface area contributed by atoms with E-state index < -0.39 is 5.67 Å². The van der Waals surface area contributed by atoms with Gasteiger partial charge in [-0.25, -0.2) is 13.8 Å². The highest BCUT2D eigenvalue weighted by molar-refractivity contribution is 5.96. The molecule has 3 aromatic carbocycles. The van der Waals surface area contributed by atoms with Gasteiger partial charge in [0.05, 0.1) is 11.0 Å². The highest BCUT2D eigenvalue weighted by Crippen LogP contribution is 2.70. The number of halogens is 2. The normalized spacial score (nSPS) is 24.9. The van der Waals surface area contributed by atoms with Crippen LogP contribution in [0.5, 0.6) is 0 Å². The molecule has 0 N–H and O–H groups in total. The van der Waals surface area contributed by atoms with Gasteiger partial charge in [0, 0.05) is 54.3 Å². The predicted octanol–water partition coefficient (Wildman–Crippen LogP) is 7.61. The number of fused-ring (bicyclic) bond motifs is 2. The number of benzene rings is 3. The fraction of sp³-hybridized carbons (Fsp3) is 0.382. The second kappa shape index (κ2) is 8.74. The summed E-state index contributed by atoms with van der Waals surface area (Å²) in [4.78, 5) is 7.66. The minimum atomic E-state index is -0.871. The lowest BCUT2D eigenvalue weighted by Crippen LogP contribution is -2.65. The van der Waals surface area contributed by atoms with Crippen molar-refractivity contribution >= 4 is 21.9 Å². The van der Waals surface area contributed by atoms with Gasteiger partial charge in [-0.1, -0.05) is 42.5 Å². The van der Waals surface area contributed by atoms with Crippen molar-refractivity contribution < 1.29 is 8.78 Å². The summed E-state index contributed by atoms with van der Waals surface area (Å²) in [6.45, 7) is 3.86. The van der Waals surface area contributed by atoms with Gasteiger partial charge in [-0.2, -0.15) is 0 Å². The molecule has 4 fully saturated rings. The van der Waals surface area contributed by atoms with Crippen LogP contribution < -0.4 is 0 Å². The highest BCUT2D eigenvalue weighted by Gasteiger charge is 2.69. The molecule has 5 aromatic rings. The summed E-state index contributed by atoms with van der Waals surface area (Å²) in [7, 11) is 2.04. The second-order valence-corrected chi connectivity index (χ2v) is 12.8. The van der Waals surface area contributed by atoms with Crippen molar-refractivity contribution in [2.24, 2.45) is 12.5 Å². The van der Waals surface area contributed by atoms with Crippen LogP contribution in [0.25, 0.3) is 33.1 Å². The minimum Gasteiger partial charge on any atom is -0.350 e. The number of rotatable bonds is 6. The number of aryl methyl sites for hydroxylation is 1. The summed E-state index contributed by atoms with van der Waals surface area (Å²) in [6.07, 6.45) is 6.35. The topological polar surface area (TPSA) is 26.0 Å². The van der Waals surface area contributed by atoms with Crippen LogP contribution in [0, 0.1) is 11.2 Å². The molecule has 4 nitrogen and oxygen atoms in total. The molecule has 3 heterocycles. The first-order valence-corrected chi connectivity index (χ1v) is 14.6. The molecule has 3 saturated carbocycles. The molecule has 2 aromatic heterocycles. The Morgan fingerprint density at radius 2 is 1.65 bits per heavy atom. The van der Waals surface area contributed by atoms with Crippen molar-refractivity contribution in [3.05, 3.63) is 90.1 Å². The van der Waals surface area contributed by atoms with Crippen molar-refractivity contribution in [2.45, 2.75) is 56.8 Å². The van der Waals surface area contributed by atoms with Gasteiger partial charge >= 0.3 is 0 Å². The maximum Gasteiger partial charge on any atom is 0.131 e. The number of nitrogens with zero attached hydrogens (tertiary/aromatic N) is 4. The molecular formula is C34H34F2N4. The zero-order valence-corrected chi connectivity index (χ0v) is 22.9. The van der Waals surface area contributed by atoms with E-state index in [9.17, 15) is 8.78 Å². The number of hydrogen-bond donors (Lipinski definition) is 0. The fourth-order valence-corrected chi connectivity index (χ4v) is 7.97. The zero-order chi connectivity index (χ0) is 27.1. The third-order valence-electron chi connectivity index (χ3n) is 9.83. The summed E-state index contributed by atoms with van der Waals surface area (Å²) < 4.78 is 33.4. The quantitative estimate of drug-likeness (QED) is 0.223. The van der Waals surface area contributed by atoms with Crippen molar-refractivity contribution in [3.8, 4) is 11.1 Å². The Bertz CT molecular complexity index is 1740. The van der Waals surface area contributed by atoms with Crippen LogP contribution in [-0.2, 0) is 20.1 Å². The van der Waals surface area contributed by atoms with Gasteiger partial charge in [-0.05, 0) is 80.4 Å². The SMILES string of the molecule is Cn1cc(-c2ccccc2F)c2ccc(CN3CCC(c4nc5ccccc5n4CC45CC(F)(C4)C5)CC3)cc21. The molecular weight excluding hydrogens is 502 g/mol. The maximum absolute atomic E-state index is 14.5. The van der Waals surface area contributed by atoms with Gasteiger partial charge in [-0.3, -0.25) is 4.90 Å². The summed E-state index contributed by atoms with van der Waals surface area (Å²) in [5, 5.41) is 1.08. The molecule has 40 heavy (non-hydrogen) atoms. The largest absolute Gasteiger partial charge is 0.350 e.